The van der Waals surface area contributed by atoms with Gasteiger partial charge in [-0.25, -0.2) is 9.78 Å². The Bertz CT molecular complexity index is 1010. The fourth-order valence-corrected chi connectivity index (χ4v) is 4.68. The number of amides is 4. The van der Waals surface area contributed by atoms with Crippen molar-refractivity contribution in [2.75, 3.05) is 32.9 Å². The summed E-state index contributed by atoms with van der Waals surface area (Å²) < 4.78 is 0. The van der Waals surface area contributed by atoms with Crippen LogP contribution in [0.15, 0.2) is 48.7 Å². The van der Waals surface area contributed by atoms with E-state index in [0.717, 1.165) is 23.3 Å². The molecule has 2 aliphatic heterocycles. The van der Waals surface area contributed by atoms with Crippen LogP contribution >= 0.6 is 0 Å². The van der Waals surface area contributed by atoms with Crippen molar-refractivity contribution in [1.29, 1.82) is 0 Å². The number of rotatable bonds is 4. The van der Waals surface area contributed by atoms with Crippen molar-refractivity contribution >= 4 is 23.7 Å². The molecule has 1 aromatic heterocycles. The number of likely N-dealkylation sites (tertiary alicyclic amines) is 2. The summed E-state index contributed by atoms with van der Waals surface area (Å²) in [4.78, 5) is 47.7. The van der Waals surface area contributed by atoms with E-state index in [4.69, 9.17) is 5.73 Å². The standard InChI is InChI=1S/C24H29N5O3/c1-27(2)23(31)21-19(13-16-10-11-26-20(25)14-16)22(30)29(21)24(32)28-12-6-9-18(15-28)17-7-4-3-5-8-17/h3-5,7-8,10-11,14,18-19,21H,6,9,12-13,15H2,1-2H3,(H2,25,26)/t18-,19+,21-/m0/s1. The first-order valence-electron chi connectivity index (χ1n) is 11.0. The Balaban J connectivity index is 1.52. The van der Waals surface area contributed by atoms with E-state index < -0.39 is 12.0 Å². The number of likely N-dealkylation sites (N-methyl/N-ethyl adjacent to an activating group) is 1. The minimum absolute atomic E-state index is 0.226. The lowest BCUT2D eigenvalue weighted by Gasteiger charge is -2.48. The molecule has 8 nitrogen and oxygen atoms in total. The molecule has 3 atom stereocenters. The normalized spacial score (nSPS) is 22.9. The van der Waals surface area contributed by atoms with E-state index in [-0.39, 0.29) is 23.8 Å². The van der Waals surface area contributed by atoms with Crippen molar-refractivity contribution < 1.29 is 14.4 Å². The minimum Gasteiger partial charge on any atom is -0.384 e. The SMILES string of the molecule is CN(C)C(=O)[C@@H]1[C@@H](Cc2ccnc(N)c2)C(=O)N1C(=O)N1CCC[C@H](c2ccccc2)C1. The highest BCUT2D eigenvalue weighted by Gasteiger charge is 2.55. The van der Waals surface area contributed by atoms with Crippen molar-refractivity contribution in [3.8, 4) is 0 Å². The number of benzene rings is 1. The number of pyridine rings is 1. The summed E-state index contributed by atoms with van der Waals surface area (Å²) in [7, 11) is 3.28. The Hall–Kier alpha value is -3.42. The molecule has 0 saturated carbocycles. The highest BCUT2D eigenvalue weighted by molar-refractivity contribution is 6.09. The largest absolute Gasteiger partial charge is 0.384 e. The highest BCUT2D eigenvalue weighted by Crippen LogP contribution is 2.34. The molecule has 0 radical (unpaired) electrons. The average molecular weight is 436 g/mol. The summed E-state index contributed by atoms with van der Waals surface area (Å²) in [5, 5.41) is 0. The number of β-lactam (4-membered cyclic amide) rings is 1. The van der Waals surface area contributed by atoms with E-state index in [1.807, 2.05) is 18.2 Å². The van der Waals surface area contributed by atoms with E-state index in [1.54, 1.807) is 37.3 Å². The zero-order valence-corrected chi connectivity index (χ0v) is 18.5. The average Bonchev–Trinajstić information content (AvgIpc) is 2.80. The van der Waals surface area contributed by atoms with Gasteiger partial charge in [0.25, 0.3) is 0 Å². The number of aromatic nitrogens is 1. The van der Waals surface area contributed by atoms with Crippen molar-refractivity contribution in [3.05, 3.63) is 59.8 Å². The zero-order valence-electron chi connectivity index (χ0n) is 18.5. The van der Waals surface area contributed by atoms with Crippen LogP contribution in [0.25, 0.3) is 0 Å². The van der Waals surface area contributed by atoms with Gasteiger partial charge in [0.1, 0.15) is 11.9 Å². The Kier molecular flexibility index (Phi) is 6.12. The fourth-order valence-electron chi connectivity index (χ4n) is 4.68. The van der Waals surface area contributed by atoms with Gasteiger partial charge in [0.05, 0.1) is 5.92 Å². The molecule has 2 N–H and O–H groups in total. The minimum atomic E-state index is -0.809. The molecule has 4 rings (SSSR count). The second kappa shape index (κ2) is 8.98. The van der Waals surface area contributed by atoms with Crippen LogP contribution in [0.2, 0.25) is 0 Å². The number of piperidine rings is 1. The van der Waals surface area contributed by atoms with Gasteiger partial charge in [0, 0.05) is 39.3 Å². The van der Waals surface area contributed by atoms with Gasteiger partial charge in [-0.2, -0.15) is 0 Å². The molecule has 2 saturated heterocycles. The first-order valence-corrected chi connectivity index (χ1v) is 11.0. The molecule has 2 aromatic rings. The maximum Gasteiger partial charge on any atom is 0.327 e. The highest BCUT2D eigenvalue weighted by atomic mass is 16.2. The van der Waals surface area contributed by atoms with Gasteiger partial charge in [-0.3, -0.25) is 14.5 Å². The van der Waals surface area contributed by atoms with E-state index >= 15 is 0 Å². The van der Waals surface area contributed by atoms with E-state index in [9.17, 15) is 14.4 Å². The molecule has 168 valence electrons. The summed E-state index contributed by atoms with van der Waals surface area (Å²) in [6.45, 7) is 1.13. The van der Waals surface area contributed by atoms with Crippen LogP contribution in [-0.2, 0) is 16.0 Å². The predicted octanol–water partition coefficient (Wildman–Crippen LogP) is 2.12. The van der Waals surface area contributed by atoms with Crippen LogP contribution in [0.1, 0.15) is 29.9 Å². The Labute approximate surface area is 188 Å². The molecule has 1 aromatic carbocycles. The molecular formula is C24H29N5O3. The smallest absolute Gasteiger partial charge is 0.327 e. The summed E-state index contributed by atoms with van der Waals surface area (Å²) in [6.07, 6.45) is 3.77. The molecule has 4 amide bonds. The first kappa shape index (κ1) is 21.8. The van der Waals surface area contributed by atoms with Crippen molar-refractivity contribution in [2.45, 2.75) is 31.2 Å². The number of carbonyl (C=O) groups is 3. The third kappa shape index (κ3) is 4.17. The second-order valence-electron chi connectivity index (χ2n) is 8.76. The summed E-state index contributed by atoms with van der Waals surface area (Å²) >= 11 is 0. The molecule has 2 fully saturated rings. The number of carbonyl (C=O) groups excluding carboxylic acids is 3. The lowest BCUT2D eigenvalue weighted by Crippen LogP contribution is -2.70. The maximum absolute atomic E-state index is 13.4. The van der Waals surface area contributed by atoms with E-state index in [0.29, 0.717) is 25.3 Å². The van der Waals surface area contributed by atoms with E-state index in [1.165, 1.54) is 10.5 Å². The number of nitrogens with two attached hydrogens (primary N) is 1. The lowest BCUT2D eigenvalue weighted by atomic mass is 9.81. The number of anilines is 1. The van der Waals surface area contributed by atoms with Crippen LogP contribution in [0.3, 0.4) is 0 Å². The molecule has 0 bridgehead atoms. The van der Waals surface area contributed by atoms with Crippen molar-refractivity contribution in [3.63, 3.8) is 0 Å². The van der Waals surface area contributed by atoms with E-state index in [2.05, 4.69) is 17.1 Å². The van der Waals surface area contributed by atoms with Gasteiger partial charge in [-0.1, -0.05) is 30.3 Å². The third-order valence-corrected chi connectivity index (χ3v) is 6.38. The fraction of sp³-hybridized carbons (Fsp3) is 0.417. The Morgan fingerprint density at radius 2 is 1.94 bits per heavy atom. The van der Waals surface area contributed by atoms with Gasteiger partial charge in [-0.05, 0) is 42.5 Å². The van der Waals surface area contributed by atoms with Crippen LogP contribution in [0.4, 0.5) is 10.6 Å². The van der Waals surface area contributed by atoms with Crippen molar-refractivity contribution in [2.24, 2.45) is 5.92 Å². The Morgan fingerprint density at radius 3 is 2.62 bits per heavy atom. The molecule has 0 spiro atoms. The number of nitrogen functional groups attached to an aromatic ring is 1. The van der Waals surface area contributed by atoms with Crippen LogP contribution in [0.5, 0.6) is 0 Å². The van der Waals surface area contributed by atoms with Gasteiger partial charge < -0.3 is 15.5 Å². The third-order valence-electron chi connectivity index (χ3n) is 6.38. The van der Waals surface area contributed by atoms with Gasteiger partial charge >= 0.3 is 6.03 Å². The number of imide groups is 1. The maximum atomic E-state index is 13.4. The molecule has 0 aliphatic carbocycles. The topological polar surface area (TPSA) is 99.8 Å². The number of urea groups is 1. The van der Waals surface area contributed by atoms with Crippen LogP contribution in [-0.4, -0.2) is 70.8 Å². The quantitative estimate of drug-likeness (QED) is 0.742. The summed E-state index contributed by atoms with van der Waals surface area (Å²) in [6, 6.07) is 12.4. The van der Waals surface area contributed by atoms with Crippen LogP contribution < -0.4 is 5.73 Å². The monoisotopic (exact) mass is 435 g/mol. The molecular weight excluding hydrogens is 406 g/mol. The van der Waals surface area contributed by atoms with Crippen LogP contribution in [0, 0.1) is 5.92 Å². The zero-order chi connectivity index (χ0) is 22.8. The summed E-state index contributed by atoms with van der Waals surface area (Å²) in [5.74, 6) is -0.568. The Morgan fingerprint density at radius 1 is 1.19 bits per heavy atom. The predicted molar refractivity (Wildman–Crippen MR) is 121 cm³/mol. The molecule has 32 heavy (non-hydrogen) atoms. The first-order chi connectivity index (χ1) is 15.4. The van der Waals surface area contributed by atoms with Gasteiger partial charge in [-0.15, -0.1) is 0 Å². The molecule has 3 heterocycles. The van der Waals surface area contributed by atoms with Gasteiger partial charge in [0.15, 0.2) is 0 Å². The summed E-state index contributed by atoms with van der Waals surface area (Å²) in [5.41, 5.74) is 7.77. The number of hydrogen-bond donors (Lipinski definition) is 1. The molecule has 2 aliphatic rings. The lowest BCUT2D eigenvalue weighted by molar-refractivity contribution is -0.161. The van der Waals surface area contributed by atoms with Crippen molar-refractivity contribution in [1.82, 2.24) is 19.7 Å². The number of nitrogens with zero attached hydrogens (tertiary/aromatic N) is 4. The molecule has 0 unspecified atom stereocenters. The second-order valence-corrected chi connectivity index (χ2v) is 8.76. The number of hydrogen-bond acceptors (Lipinski definition) is 5. The molecule has 8 heteroatoms. The van der Waals surface area contributed by atoms with Gasteiger partial charge in [0.2, 0.25) is 11.8 Å².